The van der Waals surface area contributed by atoms with Crippen LogP contribution in [0.4, 0.5) is 5.69 Å². The number of anilines is 1. The van der Waals surface area contributed by atoms with E-state index in [2.05, 4.69) is 9.46 Å². The predicted octanol–water partition coefficient (Wildman–Crippen LogP) is 1.44. The number of nitrogens with one attached hydrogen (secondary N) is 1. The van der Waals surface area contributed by atoms with Gasteiger partial charge in [-0.2, -0.15) is 4.31 Å². The van der Waals surface area contributed by atoms with Crippen molar-refractivity contribution in [1.82, 2.24) is 4.31 Å². The lowest BCUT2D eigenvalue weighted by atomic mass is 10.1. The fourth-order valence-electron chi connectivity index (χ4n) is 3.16. The number of esters is 1. The Balaban J connectivity index is 1.82. The average molecular weight is 485 g/mol. The second kappa shape index (κ2) is 9.86. The number of methoxy groups -OCH3 is 2. The maximum atomic E-state index is 13.1. The van der Waals surface area contributed by atoms with Gasteiger partial charge < -0.3 is 14.2 Å². The molecule has 174 valence electrons. The Kier molecular flexibility index (Phi) is 7.39. The van der Waals surface area contributed by atoms with Crippen molar-refractivity contribution in [2.24, 2.45) is 0 Å². The molecular weight excluding hydrogens is 460 g/mol. The summed E-state index contributed by atoms with van der Waals surface area (Å²) in [5.41, 5.74) is 0.832. The van der Waals surface area contributed by atoms with Crippen LogP contribution in [0.15, 0.2) is 47.4 Å². The third-order valence-electron chi connectivity index (χ3n) is 4.76. The zero-order valence-corrected chi connectivity index (χ0v) is 19.2. The van der Waals surface area contributed by atoms with Gasteiger partial charge in [-0.1, -0.05) is 12.1 Å². The number of hydrogen-bond donors (Lipinski definition) is 1. The summed E-state index contributed by atoms with van der Waals surface area (Å²) < 4.78 is 70.1. The van der Waals surface area contributed by atoms with Crippen LogP contribution in [0.1, 0.15) is 15.9 Å². The zero-order valence-electron chi connectivity index (χ0n) is 17.6. The minimum absolute atomic E-state index is 0.0869. The molecule has 3 rings (SSSR count). The van der Waals surface area contributed by atoms with E-state index in [4.69, 9.17) is 9.47 Å². The highest BCUT2D eigenvalue weighted by molar-refractivity contribution is 7.92. The fraction of sp³-hybridized carbons (Fsp3) is 0.350. The van der Waals surface area contributed by atoms with Crippen LogP contribution in [-0.4, -0.2) is 67.6 Å². The quantitative estimate of drug-likeness (QED) is 0.558. The normalized spacial score (nSPS) is 15.2. The molecule has 0 bridgehead atoms. The molecule has 0 radical (unpaired) electrons. The van der Waals surface area contributed by atoms with Crippen molar-refractivity contribution in [1.29, 1.82) is 0 Å². The molecule has 0 aromatic heterocycles. The zero-order chi connectivity index (χ0) is 23.4. The second-order valence-electron chi connectivity index (χ2n) is 6.93. The molecule has 32 heavy (non-hydrogen) atoms. The van der Waals surface area contributed by atoms with Gasteiger partial charge in [-0.05, 0) is 35.9 Å². The number of sulfonamides is 2. The van der Waals surface area contributed by atoms with E-state index >= 15 is 0 Å². The van der Waals surface area contributed by atoms with E-state index in [0.29, 0.717) is 11.1 Å². The largest absolute Gasteiger partial charge is 0.495 e. The Morgan fingerprint density at radius 1 is 1.03 bits per heavy atom. The smallest absolute Gasteiger partial charge is 0.337 e. The number of carbonyl (C=O) groups is 1. The first kappa shape index (κ1) is 24.0. The summed E-state index contributed by atoms with van der Waals surface area (Å²) in [5, 5.41) is 0. The Morgan fingerprint density at radius 2 is 1.69 bits per heavy atom. The van der Waals surface area contributed by atoms with Crippen LogP contribution < -0.4 is 9.46 Å². The van der Waals surface area contributed by atoms with Gasteiger partial charge in [0.25, 0.3) is 0 Å². The van der Waals surface area contributed by atoms with Crippen molar-refractivity contribution in [3.63, 3.8) is 0 Å². The second-order valence-corrected chi connectivity index (χ2v) is 10.6. The summed E-state index contributed by atoms with van der Waals surface area (Å²) in [5.74, 6) is -0.783. The number of carbonyl (C=O) groups excluding carboxylic acids is 1. The first-order valence-corrected chi connectivity index (χ1v) is 12.7. The van der Waals surface area contributed by atoms with E-state index in [-0.39, 0.29) is 48.4 Å². The van der Waals surface area contributed by atoms with E-state index in [9.17, 15) is 21.6 Å². The van der Waals surface area contributed by atoms with Crippen molar-refractivity contribution in [2.75, 3.05) is 45.2 Å². The number of nitrogens with zero attached hydrogens (tertiary/aromatic N) is 1. The van der Waals surface area contributed by atoms with Crippen LogP contribution in [0.5, 0.6) is 5.75 Å². The van der Waals surface area contributed by atoms with Gasteiger partial charge >= 0.3 is 5.97 Å². The Labute approximate surface area is 187 Å². The molecule has 1 aliphatic heterocycles. The van der Waals surface area contributed by atoms with E-state index in [1.165, 1.54) is 61.0 Å². The minimum Gasteiger partial charge on any atom is -0.495 e. The van der Waals surface area contributed by atoms with Crippen molar-refractivity contribution < 1.29 is 35.8 Å². The molecular formula is C20H24N2O8S2. The Hall–Kier alpha value is -2.67. The standard InChI is InChI=1S/C20H24N2O8S2/c1-28-18-8-7-17(13-19(18)32(26,27)22-9-11-30-12-10-22)21-31(24,25)14-15-3-5-16(6-4-15)20(23)29-2/h3-8,13,21H,9-12,14H2,1-2H3. The molecule has 0 unspecified atom stereocenters. The molecule has 10 nitrogen and oxygen atoms in total. The number of benzene rings is 2. The van der Waals surface area contributed by atoms with E-state index in [0.717, 1.165) is 0 Å². The van der Waals surface area contributed by atoms with Gasteiger partial charge in [-0.15, -0.1) is 0 Å². The lowest BCUT2D eigenvalue weighted by molar-refractivity contribution is 0.0600. The van der Waals surface area contributed by atoms with Crippen molar-refractivity contribution in [3.8, 4) is 5.75 Å². The summed E-state index contributed by atoms with van der Waals surface area (Å²) in [4.78, 5) is 11.4. The molecule has 2 aromatic carbocycles. The summed E-state index contributed by atoms with van der Waals surface area (Å²) in [6.07, 6.45) is 0. The molecule has 1 aliphatic rings. The molecule has 0 saturated carbocycles. The SMILES string of the molecule is COC(=O)c1ccc(CS(=O)(=O)Nc2ccc(OC)c(S(=O)(=O)N3CCOCC3)c2)cc1. The highest BCUT2D eigenvalue weighted by Crippen LogP contribution is 2.30. The van der Waals surface area contributed by atoms with Crippen LogP contribution in [0, 0.1) is 0 Å². The monoisotopic (exact) mass is 484 g/mol. The van der Waals surface area contributed by atoms with Crippen molar-refractivity contribution in [2.45, 2.75) is 10.6 Å². The Bertz CT molecular complexity index is 1170. The van der Waals surface area contributed by atoms with Crippen molar-refractivity contribution >= 4 is 31.7 Å². The minimum atomic E-state index is -3.91. The van der Waals surface area contributed by atoms with Gasteiger partial charge in [-0.25, -0.2) is 21.6 Å². The van der Waals surface area contributed by atoms with Gasteiger partial charge in [-0.3, -0.25) is 4.72 Å². The van der Waals surface area contributed by atoms with Gasteiger partial charge in [0.15, 0.2) is 0 Å². The topological polar surface area (TPSA) is 128 Å². The fourth-order valence-corrected chi connectivity index (χ4v) is 5.94. The van der Waals surface area contributed by atoms with Crippen LogP contribution >= 0.6 is 0 Å². The number of hydrogen-bond acceptors (Lipinski definition) is 8. The van der Waals surface area contributed by atoms with Gasteiger partial charge in [0.05, 0.1) is 44.4 Å². The van der Waals surface area contributed by atoms with Crippen molar-refractivity contribution in [3.05, 3.63) is 53.6 Å². The third kappa shape index (κ3) is 5.57. The summed E-state index contributed by atoms with van der Waals surface area (Å²) in [6.45, 7) is 0.956. The van der Waals surface area contributed by atoms with E-state index < -0.39 is 26.0 Å². The molecule has 12 heteroatoms. The first-order chi connectivity index (χ1) is 15.2. The predicted molar refractivity (Wildman–Crippen MR) is 117 cm³/mol. The number of ether oxygens (including phenoxy) is 3. The lowest BCUT2D eigenvalue weighted by Gasteiger charge is -2.26. The Morgan fingerprint density at radius 3 is 2.28 bits per heavy atom. The van der Waals surface area contributed by atoms with Gasteiger partial charge in [0.2, 0.25) is 20.0 Å². The summed E-state index contributed by atoms with van der Waals surface area (Å²) >= 11 is 0. The van der Waals surface area contributed by atoms with Crippen LogP contribution in [0.25, 0.3) is 0 Å². The highest BCUT2D eigenvalue weighted by Gasteiger charge is 2.30. The maximum Gasteiger partial charge on any atom is 0.337 e. The van der Waals surface area contributed by atoms with Gasteiger partial charge in [0, 0.05) is 13.1 Å². The van der Waals surface area contributed by atoms with E-state index in [1.54, 1.807) is 0 Å². The molecule has 1 saturated heterocycles. The lowest BCUT2D eigenvalue weighted by Crippen LogP contribution is -2.40. The molecule has 1 N–H and O–H groups in total. The molecule has 1 heterocycles. The highest BCUT2D eigenvalue weighted by atomic mass is 32.2. The number of morpholine rings is 1. The van der Waals surface area contributed by atoms with Gasteiger partial charge in [0.1, 0.15) is 10.6 Å². The van der Waals surface area contributed by atoms with Crippen LogP contribution in [0.3, 0.4) is 0 Å². The molecule has 0 spiro atoms. The van der Waals surface area contributed by atoms with Crippen LogP contribution in [0.2, 0.25) is 0 Å². The first-order valence-electron chi connectivity index (χ1n) is 9.60. The molecule has 2 aromatic rings. The third-order valence-corrected chi connectivity index (χ3v) is 7.94. The van der Waals surface area contributed by atoms with E-state index in [1.807, 2.05) is 0 Å². The molecule has 0 aliphatic carbocycles. The molecule has 0 amide bonds. The average Bonchev–Trinajstić information content (AvgIpc) is 2.79. The summed E-state index contributed by atoms with van der Waals surface area (Å²) in [6, 6.07) is 10.0. The van der Waals surface area contributed by atoms with Crippen LogP contribution in [-0.2, 0) is 35.3 Å². The number of rotatable bonds is 8. The maximum absolute atomic E-state index is 13.1. The molecule has 1 fully saturated rings. The summed E-state index contributed by atoms with van der Waals surface area (Å²) in [7, 11) is -5.18. The molecule has 0 atom stereocenters.